The van der Waals surface area contributed by atoms with Crippen molar-refractivity contribution < 1.29 is 9.90 Å². The van der Waals surface area contributed by atoms with Crippen molar-refractivity contribution in [1.29, 1.82) is 0 Å². The monoisotopic (exact) mass is 319 g/mol. The Morgan fingerprint density at radius 2 is 2.24 bits per heavy atom. The van der Waals surface area contributed by atoms with Crippen LogP contribution < -0.4 is 0 Å². The van der Waals surface area contributed by atoms with E-state index in [4.69, 9.17) is 5.11 Å². The molecule has 0 atom stereocenters. The Kier molecular flexibility index (Phi) is 5.16. The van der Waals surface area contributed by atoms with Gasteiger partial charge in [0, 0.05) is 27.8 Å². The van der Waals surface area contributed by atoms with Gasteiger partial charge in [-0.1, -0.05) is 0 Å². The van der Waals surface area contributed by atoms with E-state index in [1.807, 2.05) is 7.05 Å². The number of aliphatic carboxylic acids is 1. The maximum atomic E-state index is 11.0. The summed E-state index contributed by atoms with van der Waals surface area (Å²) in [5.41, 5.74) is -0.690. The lowest BCUT2D eigenvalue weighted by atomic mass is 9.93. The summed E-state index contributed by atoms with van der Waals surface area (Å²) in [6.45, 7) is 4.96. The molecule has 0 aliphatic carbocycles. The molecule has 1 rings (SSSR count). The van der Waals surface area contributed by atoms with E-state index in [0.29, 0.717) is 6.54 Å². The highest BCUT2D eigenvalue weighted by atomic mass is 79.9. The number of carboxylic acids is 1. The van der Waals surface area contributed by atoms with Crippen LogP contribution in [-0.2, 0) is 11.2 Å². The first-order chi connectivity index (χ1) is 7.81. The smallest absolute Gasteiger partial charge is 0.310 e. The molecule has 0 aliphatic heterocycles. The van der Waals surface area contributed by atoms with Crippen LogP contribution >= 0.6 is 27.3 Å². The van der Waals surface area contributed by atoms with E-state index in [1.54, 1.807) is 25.2 Å². The van der Waals surface area contributed by atoms with Crippen LogP contribution in [0.1, 0.15) is 18.7 Å². The summed E-state index contributed by atoms with van der Waals surface area (Å²) in [7, 11) is 1.97. The fraction of sp³-hybridized carbons (Fsp3) is 0.583. The number of carbonyl (C=O) groups is 1. The second-order valence-corrected chi connectivity index (χ2v) is 6.82. The molecular weight excluding hydrogens is 302 g/mol. The topological polar surface area (TPSA) is 40.5 Å². The molecule has 0 spiro atoms. The Morgan fingerprint density at radius 3 is 2.71 bits per heavy atom. The van der Waals surface area contributed by atoms with Crippen molar-refractivity contribution in [3.8, 4) is 0 Å². The van der Waals surface area contributed by atoms with Gasteiger partial charge < -0.3 is 10.0 Å². The Labute approximate surface area is 115 Å². The highest BCUT2D eigenvalue weighted by Crippen LogP contribution is 2.21. The number of rotatable bonds is 6. The molecule has 96 valence electrons. The molecule has 0 amide bonds. The minimum absolute atomic E-state index is 0.564. The van der Waals surface area contributed by atoms with Gasteiger partial charge in [0.1, 0.15) is 0 Å². The minimum atomic E-state index is -0.747. The lowest BCUT2D eigenvalue weighted by Crippen LogP contribution is -2.38. The maximum Gasteiger partial charge on any atom is 0.310 e. The van der Waals surface area contributed by atoms with Gasteiger partial charge in [-0.2, -0.15) is 0 Å². The molecule has 17 heavy (non-hydrogen) atoms. The van der Waals surface area contributed by atoms with Crippen molar-refractivity contribution in [2.45, 2.75) is 20.3 Å². The third-order valence-electron chi connectivity index (χ3n) is 2.61. The quantitative estimate of drug-likeness (QED) is 0.876. The van der Waals surface area contributed by atoms with Gasteiger partial charge in [0.15, 0.2) is 0 Å². The zero-order valence-electron chi connectivity index (χ0n) is 10.4. The summed E-state index contributed by atoms with van der Waals surface area (Å²) in [5, 5.41) is 11.1. The fourth-order valence-corrected chi connectivity index (χ4v) is 3.05. The predicted molar refractivity (Wildman–Crippen MR) is 74.6 cm³/mol. The SMILES string of the molecule is CN(CCc1cc(Br)cs1)CC(C)(C)C(=O)O. The molecule has 1 aromatic heterocycles. The Balaban J connectivity index is 2.40. The third kappa shape index (κ3) is 4.77. The summed E-state index contributed by atoms with van der Waals surface area (Å²) in [5.74, 6) is -0.747. The normalized spacial score (nSPS) is 12.1. The second kappa shape index (κ2) is 5.98. The molecule has 0 aliphatic rings. The van der Waals surface area contributed by atoms with Crippen LogP contribution in [0.2, 0.25) is 0 Å². The second-order valence-electron chi connectivity index (χ2n) is 4.91. The molecule has 0 saturated carbocycles. The Bertz CT molecular complexity index is 390. The van der Waals surface area contributed by atoms with Crippen molar-refractivity contribution >= 4 is 33.2 Å². The van der Waals surface area contributed by atoms with Crippen LogP contribution in [0.25, 0.3) is 0 Å². The third-order valence-corrected chi connectivity index (χ3v) is 4.36. The van der Waals surface area contributed by atoms with Gasteiger partial charge in [0.25, 0.3) is 0 Å². The predicted octanol–water partition coefficient (Wildman–Crippen LogP) is 3.10. The van der Waals surface area contributed by atoms with Crippen LogP contribution in [-0.4, -0.2) is 36.1 Å². The van der Waals surface area contributed by atoms with Crippen molar-refractivity contribution in [2.24, 2.45) is 5.41 Å². The summed E-state index contributed by atoms with van der Waals surface area (Å²) >= 11 is 5.15. The van der Waals surface area contributed by atoms with Crippen LogP contribution in [0, 0.1) is 5.41 Å². The van der Waals surface area contributed by atoms with Crippen LogP contribution in [0.5, 0.6) is 0 Å². The van der Waals surface area contributed by atoms with Gasteiger partial charge in [-0.3, -0.25) is 4.79 Å². The van der Waals surface area contributed by atoms with E-state index in [2.05, 4.69) is 32.3 Å². The highest BCUT2D eigenvalue weighted by molar-refractivity contribution is 9.10. The number of thiophene rings is 1. The molecular formula is C12H18BrNO2S. The summed E-state index contributed by atoms with van der Waals surface area (Å²) in [6.07, 6.45) is 0.961. The highest BCUT2D eigenvalue weighted by Gasteiger charge is 2.28. The lowest BCUT2D eigenvalue weighted by Gasteiger charge is -2.26. The number of halogens is 1. The van der Waals surface area contributed by atoms with Gasteiger partial charge in [0.2, 0.25) is 0 Å². The molecule has 1 aromatic rings. The summed E-state index contributed by atoms with van der Waals surface area (Å²) in [6, 6.07) is 2.11. The first-order valence-electron chi connectivity index (χ1n) is 5.46. The number of nitrogens with zero attached hydrogens (tertiary/aromatic N) is 1. The molecule has 0 radical (unpaired) electrons. The largest absolute Gasteiger partial charge is 0.481 e. The first-order valence-corrected chi connectivity index (χ1v) is 7.13. The molecule has 0 fully saturated rings. The van der Waals surface area contributed by atoms with Gasteiger partial charge in [0.05, 0.1) is 5.41 Å². The van der Waals surface area contributed by atoms with E-state index < -0.39 is 11.4 Å². The molecule has 0 aromatic carbocycles. The fourth-order valence-electron chi connectivity index (χ4n) is 1.61. The number of likely N-dealkylation sites (N-methyl/N-ethyl adjacent to an activating group) is 1. The van der Waals surface area contributed by atoms with Crippen LogP contribution in [0.4, 0.5) is 0 Å². The molecule has 1 heterocycles. The average molecular weight is 320 g/mol. The van der Waals surface area contributed by atoms with Gasteiger partial charge >= 0.3 is 5.97 Å². The Hall–Kier alpha value is -0.390. The molecule has 0 unspecified atom stereocenters. The van der Waals surface area contributed by atoms with E-state index in [9.17, 15) is 4.79 Å². The first kappa shape index (κ1) is 14.7. The zero-order valence-corrected chi connectivity index (χ0v) is 12.8. The lowest BCUT2D eigenvalue weighted by molar-refractivity contribution is -0.147. The number of carboxylic acid groups (broad SMARTS) is 1. The molecule has 3 nitrogen and oxygen atoms in total. The number of hydrogen-bond donors (Lipinski definition) is 1. The molecule has 0 bridgehead atoms. The maximum absolute atomic E-state index is 11.0. The van der Waals surface area contributed by atoms with Crippen LogP contribution in [0.3, 0.4) is 0 Å². The van der Waals surface area contributed by atoms with E-state index in [-0.39, 0.29) is 0 Å². The average Bonchev–Trinajstić information content (AvgIpc) is 2.60. The number of hydrogen-bond acceptors (Lipinski definition) is 3. The zero-order chi connectivity index (χ0) is 13.1. The van der Waals surface area contributed by atoms with Gasteiger partial charge in [-0.25, -0.2) is 0 Å². The van der Waals surface area contributed by atoms with E-state index in [1.165, 1.54) is 4.88 Å². The van der Waals surface area contributed by atoms with Crippen molar-refractivity contribution in [3.05, 3.63) is 20.8 Å². The standard InChI is InChI=1S/C12H18BrNO2S/c1-12(2,11(15)16)8-14(3)5-4-10-6-9(13)7-17-10/h6-7H,4-5,8H2,1-3H3,(H,15,16). The Morgan fingerprint density at radius 1 is 1.59 bits per heavy atom. The minimum Gasteiger partial charge on any atom is -0.481 e. The molecule has 1 N–H and O–H groups in total. The van der Waals surface area contributed by atoms with Crippen molar-refractivity contribution in [3.63, 3.8) is 0 Å². The van der Waals surface area contributed by atoms with Gasteiger partial charge in [-0.15, -0.1) is 11.3 Å². The van der Waals surface area contributed by atoms with Crippen LogP contribution in [0.15, 0.2) is 15.9 Å². The van der Waals surface area contributed by atoms with Crippen molar-refractivity contribution in [1.82, 2.24) is 4.90 Å². The summed E-state index contributed by atoms with van der Waals surface area (Å²) in [4.78, 5) is 14.4. The van der Waals surface area contributed by atoms with Crippen molar-refractivity contribution in [2.75, 3.05) is 20.1 Å². The van der Waals surface area contributed by atoms with E-state index >= 15 is 0 Å². The van der Waals surface area contributed by atoms with E-state index in [0.717, 1.165) is 17.4 Å². The molecule has 0 saturated heterocycles. The van der Waals surface area contributed by atoms with Gasteiger partial charge in [-0.05, 0) is 49.3 Å². The molecule has 5 heteroatoms. The summed E-state index contributed by atoms with van der Waals surface area (Å²) < 4.78 is 1.12.